The molecule has 0 radical (unpaired) electrons. The highest BCUT2D eigenvalue weighted by Crippen LogP contribution is 2.19. The Morgan fingerprint density at radius 1 is 1.23 bits per heavy atom. The summed E-state index contributed by atoms with van der Waals surface area (Å²) in [5.41, 5.74) is 2.32. The number of aromatic nitrogens is 1. The van der Waals surface area contributed by atoms with Gasteiger partial charge in [-0.3, -0.25) is 4.79 Å². The molecule has 0 unspecified atom stereocenters. The SMILES string of the molecule is CS(=O)(=O)NCCNC(=O)CCCc1c[nH]c2ccccc12. The first-order valence-electron chi connectivity index (χ1n) is 7.22. The van der Waals surface area contributed by atoms with E-state index in [-0.39, 0.29) is 12.5 Å². The first-order valence-corrected chi connectivity index (χ1v) is 9.11. The third kappa shape index (κ3) is 5.16. The van der Waals surface area contributed by atoms with E-state index in [2.05, 4.69) is 21.1 Å². The first-order chi connectivity index (χ1) is 10.5. The zero-order chi connectivity index (χ0) is 16.0. The molecule has 0 aliphatic rings. The zero-order valence-corrected chi connectivity index (χ0v) is 13.4. The highest BCUT2D eigenvalue weighted by atomic mass is 32.2. The van der Waals surface area contributed by atoms with Crippen molar-refractivity contribution in [3.8, 4) is 0 Å². The molecule has 0 aliphatic heterocycles. The molecule has 0 spiro atoms. The maximum absolute atomic E-state index is 11.7. The van der Waals surface area contributed by atoms with Crippen molar-refractivity contribution in [1.29, 1.82) is 0 Å². The van der Waals surface area contributed by atoms with Crippen LogP contribution in [0.2, 0.25) is 0 Å². The van der Waals surface area contributed by atoms with E-state index in [0.717, 1.165) is 24.6 Å². The van der Waals surface area contributed by atoms with E-state index in [0.29, 0.717) is 13.0 Å². The number of hydrogen-bond donors (Lipinski definition) is 3. The minimum absolute atomic E-state index is 0.0601. The number of hydrogen-bond acceptors (Lipinski definition) is 3. The van der Waals surface area contributed by atoms with Crippen LogP contribution in [0.1, 0.15) is 18.4 Å². The van der Waals surface area contributed by atoms with E-state index < -0.39 is 10.0 Å². The minimum Gasteiger partial charge on any atom is -0.361 e. The minimum atomic E-state index is -3.19. The second-order valence-corrected chi connectivity index (χ2v) is 7.06. The zero-order valence-electron chi connectivity index (χ0n) is 12.6. The van der Waals surface area contributed by atoms with Crippen LogP contribution >= 0.6 is 0 Å². The van der Waals surface area contributed by atoms with Crippen LogP contribution in [0.15, 0.2) is 30.5 Å². The van der Waals surface area contributed by atoms with Crippen molar-refractivity contribution in [2.75, 3.05) is 19.3 Å². The molecule has 0 bridgehead atoms. The number of rotatable bonds is 8. The number of para-hydroxylation sites is 1. The van der Waals surface area contributed by atoms with E-state index in [9.17, 15) is 13.2 Å². The van der Waals surface area contributed by atoms with Crippen LogP contribution in [-0.2, 0) is 21.2 Å². The van der Waals surface area contributed by atoms with Crippen LogP contribution < -0.4 is 10.0 Å². The molecule has 7 heteroatoms. The Morgan fingerprint density at radius 3 is 2.77 bits per heavy atom. The molecule has 0 saturated carbocycles. The average Bonchev–Trinajstić information content (AvgIpc) is 2.86. The Hall–Kier alpha value is -1.86. The molecule has 22 heavy (non-hydrogen) atoms. The molecular formula is C15H21N3O3S. The fourth-order valence-electron chi connectivity index (χ4n) is 2.30. The summed E-state index contributed by atoms with van der Waals surface area (Å²) in [6, 6.07) is 8.08. The molecule has 0 saturated heterocycles. The van der Waals surface area contributed by atoms with Gasteiger partial charge in [0.15, 0.2) is 0 Å². The molecule has 2 aromatic rings. The van der Waals surface area contributed by atoms with Crippen molar-refractivity contribution in [2.24, 2.45) is 0 Å². The van der Waals surface area contributed by atoms with Gasteiger partial charge in [-0.2, -0.15) is 0 Å². The van der Waals surface area contributed by atoms with Gasteiger partial charge in [-0.05, 0) is 24.5 Å². The summed E-state index contributed by atoms with van der Waals surface area (Å²) in [4.78, 5) is 14.9. The second kappa shape index (κ2) is 7.42. The number of amides is 1. The summed E-state index contributed by atoms with van der Waals surface area (Å²) in [7, 11) is -3.19. The van der Waals surface area contributed by atoms with Crippen LogP contribution in [0.4, 0.5) is 0 Å². The van der Waals surface area contributed by atoms with Gasteiger partial charge in [-0.25, -0.2) is 13.1 Å². The number of sulfonamides is 1. The molecule has 0 fully saturated rings. The summed E-state index contributed by atoms with van der Waals surface area (Å²) in [5, 5.41) is 3.89. The van der Waals surface area contributed by atoms with Gasteiger partial charge in [0.2, 0.25) is 15.9 Å². The van der Waals surface area contributed by atoms with E-state index >= 15 is 0 Å². The van der Waals surface area contributed by atoms with Crippen molar-refractivity contribution < 1.29 is 13.2 Å². The Bertz CT molecular complexity index is 737. The average molecular weight is 323 g/mol. The van der Waals surface area contributed by atoms with Crippen molar-refractivity contribution in [3.05, 3.63) is 36.0 Å². The van der Waals surface area contributed by atoms with Crippen molar-refractivity contribution >= 4 is 26.8 Å². The maximum Gasteiger partial charge on any atom is 0.220 e. The number of H-pyrrole nitrogens is 1. The Labute approximate surface area is 130 Å². The van der Waals surface area contributed by atoms with Crippen molar-refractivity contribution in [3.63, 3.8) is 0 Å². The number of carbonyl (C=O) groups is 1. The second-order valence-electron chi connectivity index (χ2n) is 5.23. The number of aromatic amines is 1. The number of fused-ring (bicyclic) bond motifs is 1. The smallest absolute Gasteiger partial charge is 0.220 e. The van der Waals surface area contributed by atoms with Crippen LogP contribution in [0, 0.1) is 0 Å². The highest BCUT2D eigenvalue weighted by molar-refractivity contribution is 7.88. The summed E-state index contributed by atoms with van der Waals surface area (Å²) < 4.78 is 24.0. The molecule has 2 rings (SSSR count). The normalized spacial score (nSPS) is 11.7. The fraction of sp³-hybridized carbons (Fsp3) is 0.400. The summed E-state index contributed by atoms with van der Waals surface area (Å²) in [6.07, 6.45) is 5.10. The van der Waals surface area contributed by atoms with Gasteiger partial charge >= 0.3 is 0 Å². The first kappa shape index (κ1) is 16.5. The number of benzene rings is 1. The Balaban J connectivity index is 1.69. The molecule has 1 aromatic heterocycles. The summed E-state index contributed by atoms with van der Waals surface area (Å²) in [6.45, 7) is 0.520. The fourth-order valence-corrected chi connectivity index (χ4v) is 2.78. The van der Waals surface area contributed by atoms with Gasteiger partial charge in [-0.15, -0.1) is 0 Å². The van der Waals surface area contributed by atoms with Gasteiger partial charge < -0.3 is 10.3 Å². The number of nitrogens with one attached hydrogen (secondary N) is 3. The molecule has 3 N–H and O–H groups in total. The van der Waals surface area contributed by atoms with Gasteiger partial charge in [0.05, 0.1) is 6.26 Å². The molecule has 6 nitrogen and oxygen atoms in total. The van der Waals surface area contributed by atoms with Crippen molar-refractivity contribution in [2.45, 2.75) is 19.3 Å². The van der Waals surface area contributed by atoms with Crippen LogP contribution in [0.3, 0.4) is 0 Å². The third-order valence-corrected chi connectivity index (χ3v) is 4.06. The monoisotopic (exact) mass is 323 g/mol. The largest absolute Gasteiger partial charge is 0.361 e. The molecule has 0 atom stereocenters. The number of carbonyl (C=O) groups excluding carboxylic acids is 1. The predicted molar refractivity (Wildman–Crippen MR) is 87.1 cm³/mol. The van der Waals surface area contributed by atoms with Gasteiger partial charge in [0.1, 0.15) is 0 Å². The van der Waals surface area contributed by atoms with E-state index in [1.54, 1.807) is 0 Å². The van der Waals surface area contributed by atoms with Crippen LogP contribution in [0.25, 0.3) is 10.9 Å². The van der Waals surface area contributed by atoms with Gasteiger partial charge in [-0.1, -0.05) is 18.2 Å². The molecular weight excluding hydrogens is 302 g/mol. The molecule has 1 amide bonds. The lowest BCUT2D eigenvalue weighted by molar-refractivity contribution is -0.121. The topological polar surface area (TPSA) is 91.1 Å². The van der Waals surface area contributed by atoms with Crippen LogP contribution in [-0.4, -0.2) is 38.7 Å². The maximum atomic E-state index is 11.7. The van der Waals surface area contributed by atoms with Crippen molar-refractivity contribution in [1.82, 2.24) is 15.0 Å². The number of aryl methyl sites for hydroxylation is 1. The quantitative estimate of drug-likeness (QED) is 0.637. The summed E-state index contributed by atoms with van der Waals surface area (Å²) >= 11 is 0. The van der Waals surface area contributed by atoms with E-state index in [1.807, 2.05) is 24.4 Å². The van der Waals surface area contributed by atoms with Gasteiger partial charge in [0, 0.05) is 36.6 Å². The lowest BCUT2D eigenvalue weighted by Gasteiger charge is -2.05. The Morgan fingerprint density at radius 2 is 2.00 bits per heavy atom. The molecule has 120 valence electrons. The standard InChI is InChI=1S/C15H21N3O3S/c1-22(20,21)18-10-9-16-15(19)8-4-5-12-11-17-14-7-3-2-6-13(12)14/h2-3,6-7,11,17-18H,4-5,8-10H2,1H3,(H,16,19). The Kier molecular flexibility index (Phi) is 5.57. The van der Waals surface area contributed by atoms with Gasteiger partial charge in [0.25, 0.3) is 0 Å². The molecule has 1 aromatic carbocycles. The van der Waals surface area contributed by atoms with E-state index in [4.69, 9.17) is 0 Å². The third-order valence-electron chi connectivity index (χ3n) is 3.34. The predicted octanol–water partition coefficient (Wildman–Crippen LogP) is 1.16. The summed E-state index contributed by atoms with van der Waals surface area (Å²) in [5.74, 6) is -0.0601. The van der Waals surface area contributed by atoms with E-state index in [1.165, 1.54) is 10.9 Å². The molecule has 1 heterocycles. The van der Waals surface area contributed by atoms with Crippen LogP contribution in [0.5, 0.6) is 0 Å². The highest BCUT2D eigenvalue weighted by Gasteiger charge is 2.05. The lowest BCUT2D eigenvalue weighted by atomic mass is 10.1. The lowest BCUT2D eigenvalue weighted by Crippen LogP contribution is -2.34. The molecule has 0 aliphatic carbocycles.